The highest BCUT2D eigenvalue weighted by atomic mass is 19.4. The molecule has 36 heavy (non-hydrogen) atoms. The molecule has 182 valence electrons. The van der Waals surface area contributed by atoms with E-state index < -0.39 is 29.8 Å². The van der Waals surface area contributed by atoms with Crippen molar-refractivity contribution in [2.24, 2.45) is 0 Å². The average Bonchev–Trinajstić information content (AvgIpc) is 2.85. The van der Waals surface area contributed by atoms with Crippen molar-refractivity contribution in [1.82, 2.24) is 9.88 Å². The lowest BCUT2D eigenvalue weighted by Gasteiger charge is -2.42. The summed E-state index contributed by atoms with van der Waals surface area (Å²) in [5.74, 6) is -1.33. The predicted octanol–water partition coefficient (Wildman–Crippen LogP) is 5.51. The number of carbonyl (C=O) groups is 2. The Morgan fingerprint density at radius 3 is 2.36 bits per heavy atom. The zero-order valence-electron chi connectivity index (χ0n) is 18.9. The molecule has 2 aromatic carbocycles. The summed E-state index contributed by atoms with van der Waals surface area (Å²) < 4.78 is 40.2. The summed E-state index contributed by atoms with van der Waals surface area (Å²) in [5, 5.41) is 19.3. The largest absolute Gasteiger partial charge is 0.478 e. The first-order chi connectivity index (χ1) is 17.1. The normalized spacial score (nSPS) is 16.2. The summed E-state index contributed by atoms with van der Waals surface area (Å²) in [6, 6.07) is 13.9. The summed E-state index contributed by atoms with van der Waals surface area (Å²) in [6.45, 7) is 1.35. The molecular formula is C26H19F3N4O3. The Labute approximate surface area is 204 Å². The second-order valence-corrected chi connectivity index (χ2v) is 8.09. The number of carbonyl (C=O) groups excluding carboxylic acids is 1. The first-order valence-electron chi connectivity index (χ1n) is 10.7. The first kappa shape index (κ1) is 24.5. The molecule has 0 fully saturated rings. The number of alkyl halides is 3. The summed E-state index contributed by atoms with van der Waals surface area (Å²) in [6.07, 6.45) is -1.61. The molecule has 4 rings (SSSR count). The molecule has 2 heterocycles. The minimum absolute atomic E-state index is 0.00726. The zero-order chi connectivity index (χ0) is 26.0. The van der Waals surface area contributed by atoms with E-state index in [0.717, 1.165) is 17.0 Å². The number of urea groups is 1. The van der Waals surface area contributed by atoms with Gasteiger partial charge in [-0.15, -0.1) is 0 Å². The van der Waals surface area contributed by atoms with Gasteiger partial charge >= 0.3 is 18.2 Å². The van der Waals surface area contributed by atoms with Gasteiger partial charge in [0, 0.05) is 24.6 Å². The topological polar surface area (TPSA) is 97.5 Å². The van der Waals surface area contributed by atoms with Crippen molar-refractivity contribution >= 4 is 17.7 Å². The van der Waals surface area contributed by atoms with Gasteiger partial charge in [-0.2, -0.15) is 18.4 Å². The fourth-order valence-corrected chi connectivity index (χ4v) is 4.18. The van der Waals surface area contributed by atoms with E-state index >= 15 is 0 Å². The molecule has 1 unspecified atom stereocenters. The molecule has 0 bridgehead atoms. The van der Waals surface area contributed by atoms with Crippen molar-refractivity contribution in [3.8, 4) is 6.07 Å². The van der Waals surface area contributed by atoms with E-state index in [4.69, 9.17) is 5.26 Å². The maximum absolute atomic E-state index is 13.9. The minimum atomic E-state index is -4.65. The van der Waals surface area contributed by atoms with Gasteiger partial charge in [0.2, 0.25) is 0 Å². The van der Waals surface area contributed by atoms with Crippen molar-refractivity contribution < 1.29 is 27.9 Å². The predicted molar refractivity (Wildman–Crippen MR) is 123 cm³/mol. The number of hydrogen-bond donors (Lipinski definition) is 1. The Morgan fingerprint density at radius 2 is 1.78 bits per heavy atom. The molecule has 0 radical (unpaired) electrons. The van der Waals surface area contributed by atoms with Gasteiger partial charge in [-0.1, -0.05) is 18.2 Å². The number of aromatic nitrogens is 1. The van der Waals surface area contributed by atoms with Crippen LogP contribution >= 0.6 is 0 Å². The lowest BCUT2D eigenvalue weighted by Crippen LogP contribution is -2.50. The van der Waals surface area contributed by atoms with E-state index in [9.17, 15) is 27.9 Å². The number of aliphatic carboxylic acids is 1. The van der Waals surface area contributed by atoms with Gasteiger partial charge in [-0.05, 0) is 60.5 Å². The Kier molecular flexibility index (Phi) is 6.49. The number of rotatable bonds is 5. The molecule has 1 aromatic heterocycles. The van der Waals surface area contributed by atoms with Gasteiger partial charge in [0.05, 0.1) is 34.5 Å². The highest BCUT2D eigenvalue weighted by Crippen LogP contribution is 2.41. The van der Waals surface area contributed by atoms with Crippen molar-refractivity contribution in [3.63, 3.8) is 0 Å². The second kappa shape index (κ2) is 9.54. The number of amides is 2. The number of anilines is 1. The number of carboxylic acid groups (broad SMARTS) is 1. The van der Waals surface area contributed by atoms with Crippen LogP contribution < -0.4 is 4.90 Å². The van der Waals surface area contributed by atoms with Gasteiger partial charge < -0.3 is 10.0 Å². The lowest BCUT2D eigenvalue weighted by atomic mass is 9.92. The van der Waals surface area contributed by atoms with Crippen LogP contribution in [0.1, 0.15) is 35.2 Å². The van der Waals surface area contributed by atoms with Crippen LogP contribution in [-0.4, -0.2) is 27.0 Å². The van der Waals surface area contributed by atoms with Crippen LogP contribution in [0.25, 0.3) is 0 Å². The van der Waals surface area contributed by atoms with Crippen LogP contribution in [0.5, 0.6) is 0 Å². The minimum Gasteiger partial charge on any atom is -0.478 e. The fourth-order valence-electron chi connectivity index (χ4n) is 4.18. The van der Waals surface area contributed by atoms with Gasteiger partial charge in [0.15, 0.2) is 0 Å². The third-order valence-corrected chi connectivity index (χ3v) is 5.87. The number of nitriles is 1. The molecule has 10 heteroatoms. The maximum atomic E-state index is 13.9. The van der Waals surface area contributed by atoms with Crippen LogP contribution in [0.4, 0.5) is 23.7 Å². The number of halogens is 3. The summed E-state index contributed by atoms with van der Waals surface area (Å²) in [5.41, 5.74) is 0.182. The maximum Gasteiger partial charge on any atom is 0.416 e. The number of nitrogens with zero attached hydrogens (tertiary/aromatic N) is 4. The molecule has 1 aliphatic rings. The summed E-state index contributed by atoms with van der Waals surface area (Å²) in [7, 11) is 0. The molecule has 7 nitrogen and oxygen atoms in total. The molecular weight excluding hydrogens is 473 g/mol. The highest BCUT2D eigenvalue weighted by molar-refractivity contribution is 6.02. The molecule has 1 N–H and O–H groups in total. The van der Waals surface area contributed by atoms with E-state index in [-0.39, 0.29) is 23.5 Å². The monoisotopic (exact) mass is 492 g/mol. The zero-order valence-corrected chi connectivity index (χ0v) is 18.9. The molecule has 0 aliphatic carbocycles. The number of benzene rings is 2. The number of pyridine rings is 1. The van der Waals surface area contributed by atoms with Crippen molar-refractivity contribution in [1.29, 1.82) is 5.26 Å². The molecule has 2 amide bonds. The third kappa shape index (κ3) is 4.63. The summed E-state index contributed by atoms with van der Waals surface area (Å²) >= 11 is 0. The Morgan fingerprint density at radius 1 is 1.11 bits per heavy atom. The quantitative estimate of drug-likeness (QED) is 0.506. The van der Waals surface area contributed by atoms with Gasteiger partial charge in [-0.3, -0.25) is 9.88 Å². The number of carboxylic acids is 1. The van der Waals surface area contributed by atoms with E-state index in [1.807, 2.05) is 6.07 Å². The van der Waals surface area contributed by atoms with Crippen LogP contribution in [-0.2, 0) is 17.5 Å². The lowest BCUT2D eigenvalue weighted by molar-refractivity contribution is -0.137. The molecule has 0 spiro atoms. The second-order valence-electron chi connectivity index (χ2n) is 8.09. The fraction of sp³-hybridized carbons (Fsp3) is 0.154. The number of hydrogen-bond acceptors (Lipinski definition) is 4. The van der Waals surface area contributed by atoms with Crippen LogP contribution in [0.3, 0.4) is 0 Å². The Balaban J connectivity index is 1.92. The van der Waals surface area contributed by atoms with E-state index in [2.05, 4.69) is 4.98 Å². The van der Waals surface area contributed by atoms with Crippen LogP contribution in [0.15, 0.2) is 84.3 Å². The standard InChI is InChI=1S/C26H19F3N4O3/c1-16-22(24(34)35)23(19-7-5-17(14-30)6-8-19)32(15-18-9-11-31-12-10-18)25(36)33(16)21-4-2-3-20(13-21)26(27,28)29/h2-13,23H,15H2,1H3,(H,34,35). The Hall–Kier alpha value is -4.65. The molecule has 1 atom stereocenters. The van der Waals surface area contributed by atoms with Gasteiger partial charge in [-0.25, -0.2) is 9.59 Å². The van der Waals surface area contributed by atoms with Crippen molar-refractivity contribution in [2.45, 2.75) is 25.7 Å². The number of allylic oxidation sites excluding steroid dienone is 1. The SMILES string of the molecule is CC1=C(C(=O)O)C(c2ccc(C#N)cc2)N(Cc2ccncc2)C(=O)N1c1cccc(C(F)(F)F)c1. The van der Waals surface area contributed by atoms with E-state index in [1.54, 1.807) is 24.3 Å². The van der Waals surface area contributed by atoms with Crippen LogP contribution in [0.2, 0.25) is 0 Å². The summed E-state index contributed by atoms with van der Waals surface area (Å²) in [4.78, 5) is 32.6. The van der Waals surface area contributed by atoms with E-state index in [0.29, 0.717) is 16.7 Å². The van der Waals surface area contributed by atoms with Gasteiger partial charge in [0.1, 0.15) is 0 Å². The van der Waals surface area contributed by atoms with E-state index in [1.165, 1.54) is 48.5 Å². The van der Waals surface area contributed by atoms with Crippen molar-refractivity contribution in [2.75, 3.05) is 4.90 Å². The van der Waals surface area contributed by atoms with Crippen molar-refractivity contribution in [3.05, 3.63) is 107 Å². The van der Waals surface area contributed by atoms with Gasteiger partial charge in [0.25, 0.3) is 0 Å². The smallest absolute Gasteiger partial charge is 0.416 e. The van der Waals surface area contributed by atoms with Crippen LogP contribution in [0, 0.1) is 11.3 Å². The Bertz CT molecular complexity index is 1380. The molecule has 1 aliphatic heterocycles. The molecule has 0 saturated heterocycles. The molecule has 0 saturated carbocycles. The average molecular weight is 492 g/mol. The molecule has 3 aromatic rings. The first-order valence-corrected chi connectivity index (χ1v) is 10.7. The highest BCUT2D eigenvalue weighted by Gasteiger charge is 2.43. The third-order valence-electron chi connectivity index (χ3n) is 5.87.